The first-order valence-electron chi connectivity index (χ1n) is 5.04. The van der Waals surface area contributed by atoms with Crippen molar-refractivity contribution in [2.45, 2.75) is 11.8 Å². The van der Waals surface area contributed by atoms with E-state index in [0.29, 0.717) is 0 Å². The molecule has 2 rings (SSSR count). The molecule has 0 spiro atoms. The zero-order valence-electron chi connectivity index (χ0n) is 9.31. The van der Waals surface area contributed by atoms with E-state index in [2.05, 4.69) is 4.98 Å². The van der Waals surface area contributed by atoms with Gasteiger partial charge in [-0.2, -0.15) is 0 Å². The average Bonchev–Trinajstić information content (AvgIpc) is 2.29. The van der Waals surface area contributed by atoms with Gasteiger partial charge in [-0.3, -0.25) is 9.19 Å². The predicted octanol–water partition coefficient (Wildman–Crippen LogP) is 2.79. The van der Waals surface area contributed by atoms with E-state index in [9.17, 15) is 4.21 Å². The summed E-state index contributed by atoms with van der Waals surface area (Å²) in [6, 6.07) is 11.6. The molecule has 1 heterocycles. The van der Waals surface area contributed by atoms with Crippen molar-refractivity contribution >= 4 is 10.8 Å². The lowest BCUT2D eigenvalue weighted by atomic mass is 10.1. The smallest absolute Gasteiger partial charge is 0.0716 e. The van der Waals surface area contributed by atoms with E-state index in [1.807, 2.05) is 43.3 Å². The van der Waals surface area contributed by atoms with Gasteiger partial charge in [0.25, 0.3) is 0 Å². The summed E-state index contributed by atoms with van der Waals surface area (Å²) in [6.45, 7) is 2.02. The molecule has 0 fully saturated rings. The highest BCUT2D eigenvalue weighted by atomic mass is 32.2. The molecule has 2 aromatic rings. The lowest BCUT2D eigenvalue weighted by Crippen LogP contribution is -1.93. The summed E-state index contributed by atoms with van der Waals surface area (Å²) in [7, 11) is -0.988. The first-order valence-corrected chi connectivity index (χ1v) is 6.60. The van der Waals surface area contributed by atoms with Crippen LogP contribution in [0.25, 0.3) is 11.3 Å². The van der Waals surface area contributed by atoms with Crippen LogP contribution in [0.2, 0.25) is 0 Å². The molecule has 0 bridgehead atoms. The fourth-order valence-corrected chi connectivity index (χ4v) is 2.36. The first-order chi connectivity index (χ1) is 7.68. The van der Waals surface area contributed by atoms with Gasteiger partial charge in [0.15, 0.2) is 0 Å². The number of rotatable bonds is 2. The molecule has 0 amide bonds. The highest BCUT2D eigenvalue weighted by molar-refractivity contribution is 7.84. The normalized spacial score (nSPS) is 12.4. The Morgan fingerprint density at radius 2 is 1.94 bits per heavy atom. The second-order valence-electron chi connectivity index (χ2n) is 3.67. The van der Waals surface area contributed by atoms with Gasteiger partial charge in [-0.05, 0) is 30.7 Å². The van der Waals surface area contributed by atoms with Crippen LogP contribution in [0.15, 0.2) is 47.5 Å². The summed E-state index contributed by atoms with van der Waals surface area (Å²) < 4.78 is 11.6. The Morgan fingerprint density at radius 3 is 2.62 bits per heavy atom. The van der Waals surface area contributed by atoms with Crippen LogP contribution in [0.1, 0.15) is 5.56 Å². The van der Waals surface area contributed by atoms with E-state index in [-0.39, 0.29) is 0 Å². The number of pyridine rings is 1. The van der Waals surface area contributed by atoms with Crippen molar-refractivity contribution in [2.75, 3.05) is 6.26 Å². The van der Waals surface area contributed by atoms with Crippen LogP contribution in [0, 0.1) is 6.92 Å². The Hall–Kier alpha value is -1.48. The number of hydrogen-bond donors (Lipinski definition) is 0. The summed E-state index contributed by atoms with van der Waals surface area (Å²) in [5.74, 6) is 0. The van der Waals surface area contributed by atoms with Crippen molar-refractivity contribution in [3.05, 3.63) is 48.2 Å². The first kappa shape index (κ1) is 11.0. The maximum Gasteiger partial charge on any atom is 0.0716 e. The molecule has 0 aliphatic carbocycles. The van der Waals surface area contributed by atoms with E-state index in [1.165, 1.54) is 0 Å². The Labute approximate surface area is 97.8 Å². The topological polar surface area (TPSA) is 30.0 Å². The third-order valence-electron chi connectivity index (χ3n) is 2.39. The number of nitrogens with zero attached hydrogens (tertiary/aromatic N) is 1. The largest absolute Gasteiger partial charge is 0.256 e. The molecular weight excluding hydrogens is 218 g/mol. The monoisotopic (exact) mass is 231 g/mol. The van der Waals surface area contributed by atoms with Crippen molar-refractivity contribution in [3.8, 4) is 11.3 Å². The van der Waals surface area contributed by atoms with Gasteiger partial charge < -0.3 is 0 Å². The summed E-state index contributed by atoms with van der Waals surface area (Å²) in [6.07, 6.45) is 3.47. The van der Waals surface area contributed by atoms with E-state index in [1.54, 1.807) is 12.5 Å². The van der Waals surface area contributed by atoms with Gasteiger partial charge in [0.05, 0.1) is 16.5 Å². The van der Waals surface area contributed by atoms with E-state index >= 15 is 0 Å². The second kappa shape index (κ2) is 4.58. The van der Waals surface area contributed by atoms with Gasteiger partial charge in [0, 0.05) is 22.9 Å². The minimum Gasteiger partial charge on any atom is -0.256 e. The van der Waals surface area contributed by atoms with E-state index in [4.69, 9.17) is 0 Å². The fourth-order valence-electron chi connectivity index (χ4n) is 1.61. The van der Waals surface area contributed by atoms with Gasteiger partial charge in [-0.25, -0.2) is 0 Å². The average molecular weight is 231 g/mol. The van der Waals surface area contributed by atoms with Crippen LogP contribution < -0.4 is 0 Å². The van der Waals surface area contributed by atoms with Crippen molar-refractivity contribution < 1.29 is 4.21 Å². The Balaban J connectivity index is 2.60. The van der Waals surface area contributed by atoms with Crippen LogP contribution >= 0.6 is 0 Å². The standard InChI is InChI=1S/C13H13NOS/c1-10-7-8-14-12(9-10)11-5-3-4-6-13(11)16(2)15/h3-9H,1-2H3. The molecule has 1 aromatic heterocycles. The molecule has 82 valence electrons. The van der Waals surface area contributed by atoms with Crippen LogP contribution in [0.4, 0.5) is 0 Å². The highest BCUT2D eigenvalue weighted by Crippen LogP contribution is 2.24. The summed E-state index contributed by atoms with van der Waals surface area (Å²) in [5.41, 5.74) is 2.99. The molecule has 0 aliphatic heterocycles. The molecule has 16 heavy (non-hydrogen) atoms. The maximum absolute atomic E-state index is 11.6. The lowest BCUT2D eigenvalue weighted by Gasteiger charge is -2.06. The van der Waals surface area contributed by atoms with Gasteiger partial charge in [-0.15, -0.1) is 0 Å². The minimum atomic E-state index is -0.988. The molecule has 0 saturated heterocycles. The van der Waals surface area contributed by atoms with Gasteiger partial charge in [-0.1, -0.05) is 18.2 Å². The SMILES string of the molecule is Cc1ccnc(-c2ccccc2S(C)=O)c1. The molecule has 1 unspecified atom stereocenters. The number of aryl methyl sites for hydroxylation is 1. The number of hydrogen-bond acceptors (Lipinski definition) is 2. The van der Waals surface area contributed by atoms with Crippen molar-refractivity contribution in [1.29, 1.82) is 0 Å². The molecule has 3 heteroatoms. The maximum atomic E-state index is 11.6. The molecule has 0 saturated carbocycles. The molecule has 0 N–H and O–H groups in total. The Morgan fingerprint density at radius 1 is 1.19 bits per heavy atom. The zero-order chi connectivity index (χ0) is 11.5. The van der Waals surface area contributed by atoms with Crippen LogP contribution in [0.5, 0.6) is 0 Å². The lowest BCUT2D eigenvalue weighted by molar-refractivity contribution is 0.687. The van der Waals surface area contributed by atoms with Crippen LogP contribution in [0.3, 0.4) is 0 Å². The summed E-state index contributed by atoms with van der Waals surface area (Å²) in [5, 5.41) is 0. The predicted molar refractivity (Wildman–Crippen MR) is 66.7 cm³/mol. The molecule has 2 nitrogen and oxygen atoms in total. The number of benzene rings is 1. The number of aromatic nitrogens is 1. The summed E-state index contributed by atoms with van der Waals surface area (Å²) in [4.78, 5) is 5.15. The summed E-state index contributed by atoms with van der Waals surface area (Å²) >= 11 is 0. The Bertz CT molecular complexity index is 537. The molecule has 0 radical (unpaired) electrons. The van der Waals surface area contributed by atoms with Crippen molar-refractivity contribution in [2.24, 2.45) is 0 Å². The van der Waals surface area contributed by atoms with Crippen LogP contribution in [-0.4, -0.2) is 15.4 Å². The Kier molecular flexibility index (Phi) is 3.15. The zero-order valence-corrected chi connectivity index (χ0v) is 10.1. The van der Waals surface area contributed by atoms with E-state index < -0.39 is 10.8 Å². The second-order valence-corrected chi connectivity index (χ2v) is 5.02. The van der Waals surface area contributed by atoms with Gasteiger partial charge in [0.1, 0.15) is 0 Å². The molecule has 1 aromatic carbocycles. The fraction of sp³-hybridized carbons (Fsp3) is 0.154. The van der Waals surface area contributed by atoms with Gasteiger partial charge in [0.2, 0.25) is 0 Å². The molecule has 0 aliphatic rings. The quantitative estimate of drug-likeness (QED) is 0.795. The minimum absolute atomic E-state index is 0.834. The van der Waals surface area contributed by atoms with Crippen molar-refractivity contribution in [3.63, 3.8) is 0 Å². The van der Waals surface area contributed by atoms with Crippen molar-refractivity contribution in [1.82, 2.24) is 4.98 Å². The third kappa shape index (κ3) is 2.19. The molecule has 1 atom stereocenters. The third-order valence-corrected chi connectivity index (χ3v) is 3.36. The highest BCUT2D eigenvalue weighted by Gasteiger charge is 2.08. The van der Waals surface area contributed by atoms with E-state index in [0.717, 1.165) is 21.7 Å². The molecular formula is C13H13NOS. The van der Waals surface area contributed by atoms with Gasteiger partial charge >= 0.3 is 0 Å². The van der Waals surface area contributed by atoms with Crippen LogP contribution in [-0.2, 0) is 10.8 Å².